The Labute approximate surface area is 130 Å². The predicted octanol–water partition coefficient (Wildman–Crippen LogP) is 1.40. The Morgan fingerprint density at radius 1 is 1.36 bits per heavy atom. The average molecular weight is 302 g/mol. The van der Waals surface area contributed by atoms with Crippen molar-refractivity contribution >= 4 is 5.97 Å². The number of carbonyl (C=O) groups excluding carboxylic acids is 1. The van der Waals surface area contributed by atoms with Crippen molar-refractivity contribution in [2.45, 2.75) is 32.1 Å². The third-order valence-electron chi connectivity index (χ3n) is 5.20. The normalized spacial score (nSPS) is 28.7. The molecule has 0 radical (unpaired) electrons. The van der Waals surface area contributed by atoms with Crippen LogP contribution in [0.2, 0.25) is 0 Å². The van der Waals surface area contributed by atoms with Crippen molar-refractivity contribution in [2.75, 3.05) is 32.8 Å². The number of carbonyl (C=O) groups is 1. The summed E-state index contributed by atoms with van der Waals surface area (Å²) in [4.78, 5) is 14.2. The fourth-order valence-corrected chi connectivity index (χ4v) is 3.84. The summed E-state index contributed by atoms with van der Waals surface area (Å²) in [5.74, 6) is -0.200. The van der Waals surface area contributed by atoms with Crippen LogP contribution in [0.3, 0.4) is 0 Å². The van der Waals surface area contributed by atoms with E-state index >= 15 is 0 Å². The van der Waals surface area contributed by atoms with Crippen LogP contribution in [0.5, 0.6) is 0 Å². The molecule has 5 heteroatoms. The maximum Gasteiger partial charge on any atom is 0.338 e. The lowest BCUT2D eigenvalue weighted by atomic mass is 9.95. The van der Waals surface area contributed by atoms with Gasteiger partial charge in [0.2, 0.25) is 0 Å². The summed E-state index contributed by atoms with van der Waals surface area (Å²) in [6, 6.07) is 4.53. The molecule has 2 saturated heterocycles. The number of nitrogens with one attached hydrogen (secondary N) is 1. The van der Waals surface area contributed by atoms with E-state index in [4.69, 9.17) is 9.47 Å². The first-order chi connectivity index (χ1) is 10.7. The molecule has 3 aliphatic heterocycles. The molecule has 118 valence electrons. The third-order valence-corrected chi connectivity index (χ3v) is 5.20. The van der Waals surface area contributed by atoms with Crippen LogP contribution < -0.4 is 5.32 Å². The summed E-state index contributed by atoms with van der Waals surface area (Å²) in [6.45, 7) is 7.39. The summed E-state index contributed by atoms with van der Waals surface area (Å²) < 4.78 is 11.3. The SMILES string of the molecule is Cc1c([C@@H]2CN3CCNC[C@@H]3CCO2)ccc2c1COC2=O. The van der Waals surface area contributed by atoms with Crippen molar-refractivity contribution in [3.63, 3.8) is 0 Å². The number of hydrogen-bond donors (Lipinski definition) is 1. The molecule has 0 bridgehead atoms. The van der Waals surface area contributed by atoms with Gasteiger partial charge in [0, 0.05) is 44.4 Å². The van der Waals surface area contributed by atoms with E-state index in [9.17, 15) is 4.79 Å². The number of piperazine rings is 1. The maximum atomic E-state index is 11.7. The molecule has 3 aliphatic rings. The van der Waals surface area contributed by atoms with Crippen molar-refractivity contribution < 1.29 is 14.3 Å². The molecule has 4 rings (SSSR count). The molecule has 0 spiro atoms. The number of esters is 1. The highest BCUT2D eigenvalue weighted by Crippen LogP contribution is 2.32. The largest absolute Gasteiger partial charge is 0.457 e. The Morgan fingerprint density at radius 3 is 3.18 bits per heavy atom. The first kappa shape index (κ1) is 14.2. The zero-order valence-corrected chi connectivity index (χ0v) is 12.9. The van der Waals surface area contributed by atoms with Crippen LogP contribution in [0.4, 0.5) is 0 Å². The van der Waals surface area contributed by atoms with Crippen LogP contribution in [0.15, 0.2) is 12.1 Å². The molecule has 0 saturated carbocycles. The van der Waals surface area contributed by atoms with Crippen molar-refractivity contribution in [3.8, 4) is 0 Å². The average Bonchev–Trinajstić information content (AvgIpc) is 2.79. The molecule has 1 N–H and O–H groups in total. The molecule has 3 heterocycles. The van der Waals surface area contributed by atoms with E-state index in [1.807, 2.05) is 12.1 Å². The minimum atomic E-state index is -0.200. The van der Waals surface area contributed by atoms with Gasteiger partial charge in [-0.15, -0.1) is 0 Å². The maximum absolute atomic E-state index is 11.7. The molecule has 0 unspecified atom stereocenters. The van der Waals surface area contributed by atoms with E-state index in [1.54, 1.807) is 0 Å². The first-order valence-electron chi connectivity index (χ1n) is 8.10. The number of rotatable bonds is 1. The number of benzene rings is 1. The van der Waals surface area contributed by atoms with Crippen LogP contribution in [-0.2, 0) is 16.1 Å². The Hall–Kier alpha value is -1.43. The second-order valence-corrected chi connectivity index (χ2v) is 6.38. The van der Waals surface area contributed by atoms with Gasteiger partial charge >= 0.3 is 5.97 Å². The second-order valence-electron chi connectivity index (χ2n) is 6.38. The van der Waals surface area contributed by atoms with Crippen LogP contribution in [-0.4, -0.2) is 49.7 Å². The summed E-state index contributed by atoms with van der Waals surface area (Å²) in [5.41, 5.74) is 4.11. The van der Waals surface area contributed by atoms with Gasteiger partial charge in [-0.2, -0.15) is 0 Å². The van der Waals surface area contributed by atoms with Gasteiger partial charge in [-0.3, -0.25) is 4.90 Å². The number of fused-ring (bicyclic) bond motifs is 2. The molecule has 2 atom stereocenters. The highest BCUT2D eigenvalue weighted by Gasteiger charge is 2.31. The van der Waals surface area contributed by atoms with Crippen molar-refractivity contribution in [1.29, 1.82) is 0 Å². The fourth-order valence-electron chi connectivity index (χ4n) is 3.84. The van der Waals surface area contributed by atoms with Gasteiger partial charge in [-0.05, 0) is 30.5 Å². The molecule has 5 nitrogen and oxygen atoms in total. The van der Waals surface area contributed by atoms with E-state index in [0.717, 1.165) is 55.9 Å². The third kappa shape index (κ3) is 2.33. The van der Waals surface area contributed by atoms with Crippen LogP contribution in [0, 0.1) is 6.92 Å². The van der Waals surface area contributed by atoms with Gasteiger partial charge < -0.3 is 14.8 Å². The second kappa shape index (κ2) is 5.65. The summed E-state index contributed by atoms with van der Waals surface area (Å²) in [5, 5.41) is 3.47. The zero-order chi connectivity index (χ0) is 15.1. The van der Waals surface area contributed by atoms with Gasteiger partial charge in [0.25, 0.3) is 0 Å². The lowest BCUT2D eigenvalue weighted by Crippen LogP contribution is -2.51. The fraction of sp³-hybridized carbons (Fsp3) is 0.588. The van der Waals surface area contributed by atoms with Gasteiger partial charge in [0.1, 0.15) is 6.61 Å². The van der Waals surface area contributed by atoms with Crippen LogP contribution in [0.1, 0.15) is 39.6 Å². The van der Waals surface area contributed by atoms with E-state index in [2.05, 4.69) is 17.1 Å². The first-order valence-corrected chi connectivity index (χ1v) is 8.10. The Bertz CT molecular complexity index is 602. The molecule has 1 aromatic carbocycles. The smallest absolute Gasteiger partial charge is 0.338 e. The minimum absolute atomic E-state index is 0.0871. The van der Waals surface area contributed by atoms with Gasteiger partial charge in [0.15, 0.2) is 0 Å². The van der Waals surface area contributed by atoms with Gasteiger partial charge in [0.05, 0.1) is 11.7 Å². The van der Waals surface area contributed by atoms with Crippen LogP contribution >= 0.6 is 0 Å². The van der Waals surface area contributed by atoms with Crippen LogP contribution in [0.25, 0.3) is 0 Å². The highest BCUT2D eigenvalue weighted by atomic mass is 16.5. The molecule has 1 aromatic rings. The van der Waals surface area contributed by atoms with Crippen molar-refractivity contribution in [2.24, 2.45) is 0 Å². The Kier molecular flexibility index (Phi) is 3.64. The lowest BCUT2D eigenvalue weighted by molar-refractivity contribution is 0.0509. The van der Waals surface area contributed by atoms with Gasteiger partial charge in [-0.25, -0.2) is 4.79 Å². The number of ether oxygens (including phenoxy) is 2. The van der Waals surface area contributed by atoms with Gasteiger partial charge in [-0.1, -0.05) is 6.07 Å². The Balaban J connectivity index is 1.63. The number of nitrogens with zero attached hydrogens (tertiary/aromatic N) is 1. The predicted molar refractivity (Wildman–Crippen MR) is 81.8 cm³/mol. The molecule has 2 fully saturated rings. The Morgan fingerprint density at radius 2 is 2.27 bits per heavy atom. The summed E-state index contributed by atoms with van der Waals surface area (Å²) in [6.07, 6.45) is 1.17. The van der Waals surface area contributed by atoms with E-state index in [1.165, 1.54) is 5.56 Å². The molecule has 0 amide bonds. The van der Waals surface area contributed by atoms with Crippen molar-refractivity contribution in [3.05, 3.63) is 34.4 Å². The van der Waals surface area contributed by atoms with Crippen molar-refractivity contribution in [1.82, 2.24) is 10.2 Å². The number of hydrogen-bond acceptors (Lipinski definition) is 5. The molecule has 22 heavy (non-hydrogen) atoms. The monoisotopic (exact) mass is 302 g/mol. The molecule has 0 aromatic heterocycles. The molecular weight excluding hydrogens is 280 g/mol. The molecular formula is C17H22N2O3. The minimum Gasteiger partial charge on any atom is -0.457 e. The summed E-state index contributed by atoms with van der Waals surface area (Å²) in [7, 11) is 0. The topological polar surface area (TPSA) is 50.8 Å². The zero-order valence-electron chi connectivity index (χ0n) is 12.9. The molecule has 0 aliphatic carbocycles. The van der Waals surface area contributed by atoms with E-state index in [-0.39, 0.29) is 12.1 Å². The summed E-state index contributed by atoms with van der Waals surface area (Å²) >= 11 is 0. The quantitative estimate of drug-likeness (QED) is 0.795. The highest BCUT2D eigenvalue weighted by molar-refractivity contribution is 5.93. The lowest BCUT2D eigenvalue weighted by Gasteiger charge is -2.35. The number of cyclic esters (lactones) is 1. The van der Waals surface area contributed by atoms with E-state index in [0.29, 0.717) is 12.6 Å². The standard InChI is InChI=1S/C17H22N2O3/c1-11-13(2-3-14-15(11)10-22-17(14)20)16-9-19-6-5-18-8-12(19)4-7-21-16/h2-3,12,16,18H,4-10H2,1H3/t12-,16-/m0/s1. The van der Waals surface area contributed by atoms with E-state index < -0.39 is 0 Å².